The van der Waals surface area contributed by atoms with E-state index in [9.17, 15) is 9.90 Å². The second-order valence-electron chi connectivity index (χ2n) is 6.90. The number of carbonyl (C=O) groups is 1. The smallest absolute Gasteiger partial charge is 0.236 e. The van der Waals surface area contributed by atoms with Crippen LogP contribution in [0.5, 0.6) is 0 Å². The highest BCUT2D eigenvalue weighted by Gasteiger charge is 2.49. The van der Waals surface area contributed by atoms with Gasteiger partial charge in [-0.25, -0.2) is 0 Å². The molecule has 0 aromatic carbocycles. The van der Waals surface area contributed by atoms with Crippen molar-refractivity contribution >= 4 is 17.7 Å². The molecular weight excluding hydrogens is 284 g/mol. The third-order valence-corrected chi connectivity index (χ3v) is 6.91. The number of hydrogen-bond acceptors (Lipinski definition) is 4. The van der Waals surface area contributed by atoms with E-state index in [1.807, 2.05) is 6.26 Å². The molecule has 3 fully saturated rings. The van der Waals surface area contributed by atoms with Gasteiger partial charge in [0.2, 0.25) is 5.91 Å². The number of likely N-dealkylation sites (tertiary alicyclic amines) is 1. The molecule has 0 aromatic rings. The number of aliphatic hydroxyl groups excluding tert-OH is 1. The van der Waals surface area contributed by atoms with Crippen molar-refractivity contribution in [3.8, 4) is 0 Å². The summed E-state index contributed by atoms with van der Waals surface area (Å²) < 4.78 is -0.100. The molecule has 0 bridgehead atoms. The molecule has 2 unspecified atom stereocenters. The lowest BCUT2D eigenvalue weighted by molar-refractivity contribution is -0.122. The number of nitrogens with zero attached hydrogens (tertiary/aromatic N) is 1. The van der Waals surface area contributed by atoms with E-state index in [0.717, 1.165) is 51.6 Å². The van der Waals surface area contributed by atoms with Crippen LogP contribution in [0.3, 0.4) is 0 Å². The van der Waals surface area contributed by atoms with Gasteiger partial charge in [-0.1, -0.05) is 12.8 Å². The van der Waals surface area contributed by atoms with Crippen molar-refractivity contribution in [1.82, 2.24) is 10.2 Å². The summed E-state index contributed by atoms with van der Waals surface area (Å²) in [6.45, 7) is 2.03. The van der Waals surface area contributed by atoms with E-state index in [-0.39, 0.29) is 16.8 Å². The molecule has 0 aromatic heterocycles. The Labute approximate surface area is 132 Å². The molecule has 1 heterocycles. The first kappa shape index (κ1) is 15.6. The number of nitrogens with one attached hydrogen (secondary N) is 1. The summed E-state index contributed by atoms with van der Waals surface area (Å²) in [5, 5.41) is 13.4. The van der Waals surface area contributed by atoms with Gasteiger partial charge in [-0.2, -0.15) is 0 Å². The fraction of sp³-hybridized carbons (Fsp3) is 0.938. The maximum absolute atomic E-state index is 12.3. The van der Waals surface area contributed by atoms with E-state index in [0.29, 0.717) is 12.1 Å². The first-order chi connectivity index (χ1) is 10.1. The largest absolute Gasteiger partial charge is 0.391 e. The summed E-state index contributed by atoms with van der Waals surface area (Å²) in [7, 11) is 0. The van der Waals surface area contributed by atoms with Gasteiger partial charge >= 0.3 is 0 Å². The second kappa shape index (κ2) is 6.47. The van der Waals surface area contributed by atoms with Crippen LogP contribution < -0.4 is 5.32 Å². The Kier molecular flexibility index (Phi) is 4.81. The van der Waals surface area contributed by atoms with E-state index in [4.69, 9.17) is 0 Å². The van der Waals surface area contributed by atoms with Gasteiger partial charge in [0.05, 0.1) is 10.9 Å². The quantitative estimate of drug-likeness (QED) is 0.831. The van der Waals surface area contributed by atoms with Gasteiger partial charge in [-0.15, -0.1) is 11.8 Å². The van der Waals surface area contributed by atoms with Gasteiger partial charge in [0, 0.05) is 25.2 Å². The van der Waals surface area contributed by atoms with Crippen LogP contribution in [-0.2, 0) is 4.79 Å². The molecule has 1 amide bonds. The normalized spacial score (nSPS) is 33.6. The molecule has 120 valence electrons. The fourth-order valence-corrected chi connectivity index (χ4v) is 4.60. The maximum atomic E-state index is 12.3. The van der Waals surface area contributed by atoms with E-state index in [2.05, 4.69) is 10.2 Å². The fourth-order valence-electron chi connectivity index (χ4n) is 3.85. The zero-order valence-corrected chi connectivity index (χ0v) is 13.8. The minimum absolute atomic E-state index is 0.100. The highest BCUT2D eigenvalue weighted by molar-refractivity contribution is 8.01. The van der Waals surface area contributed by atoms with E-state index in [1.165, 1.54) is 12.8 Å². The highest BCUT2D eigenvalue weighted by atomic mass is 32.2. The average molecular weight is 312 g/mol. The van der Waals surface area contributed by atoms with Crippen molar-refractivity contribution in [2.75, 3.05) is 19.3 Å². The number of thioether (sulfide) groups is 1. The first-order valence-electron chi connectivity index (χ1n) is 8.43. The zero-order valence-electron chi connectivity index (χ0n) is 13.0. The predicted octanol–water partition coefficient (Wildman–Crippen LogP) is 1.77. The van der Waals surface area contributed by atoms with Gasteiger partial charge in [0.25, 0.3) is 0 Å². The topological polar surface area (TPSA) is 52.6 Å². The molecule has 3 aliphatic rings. The summed E-state index contributed by atoms with van der Waals surface area (Å²) in [6.07, 6.45) is 10.5. The summed E-state index contributed by atoms with van der Waals surface area (Å²) in [5.74, 6) is 0.256. The predicted molar refractivity (Wildman–Crippen MR) is 86.5 cm³/mol. The average Bonchev–Trinajstić information content (AvgIpc) is 3.30. The summed E-state index contributed by atoms with van der Waals surface area (Å²) in [4.78, 5) is 14.7. The van der Waals surface area contributed by atoms with Gasteiger partial charge in [-0.3, -0.25) is 9.69 Å². The van der Waals surface area contributed by atoms with Crippen LogP contribution in [0.2, 0.25) is 0 Å². The molecule has 21 heavy (non-hydrogen) atoms. The minimum Gasteiger partial charge on any atom is -0.391 e. The summed E-state index contributed by atoms with van der Waals surface area (Å²) >= 11 is 1.70. The van der Waals surface area contributed by atoms with Crippen LogP contribution >= 0.6 is 11.8 Å². The Morgan fingerprint density at radius 1 is 1.19 bits per heavy atom. The Balaban J connectivity index is 1.45. The molecule has 2 aliphatic carbocycles. The van der Waals surface area contributed by atoms with Crippen molar-refractivity contribution in [2.24, 2.45) is 0 Å². The highest BCUT2D eigenvalue weighted by Crippen LogP contribution is 2.47. The van der Waals surface area contributed by atoms with Crippen LogP contribution in [0.15, 0.2) is 0 Å². The number of aliphatic hydroxyl groups is 1. The van der Waals surface area contributed by atoms with Crippen molar-refractivity contribution in [1.29, 1.82) is 0 Å². The van der Waals surface area contributed by atoms with Crippen LogP contribution in [-0.4, -0.2) is 58.2 Å². The van der Waals surface area contributed by atoms with Crippen molar-refractivity contribution in [3.05, 3.63) is 0 Å². The molecule has 2 N–H and O–H groups in total. The number of carbonyl (C=O) groups excluding carboxylic acids is 1. The van der Waals surface area contributed by atoms with Crippen LogP contribution in [0, 0.1) is 0 Å². The van der Waals surface area contributed by atoms with Gasteiger partial charge in [0.1, 0.15) is 0 Å². The zero-order chi connectivity index (χ0) is 14.9. The lowest BCUT2D eigenvalue weighted by atomic mass is 9.89. The minimum atomic E-state index is -0.142. The molecule has 3 rings (SSSR count). The monoisotopic (exact) mass is 312 g/mol. The Morgan fingerprint density at radius 2 is 1.86 bits per heavy atom. The Hall–Kier alpha value is -0.260. The van der Waals surface area contributed by atoms with E-state index >= 15 is 0 Å². The van der Waals surface area contributed by atoms with Crippen LogP contribution in [0.25, 0.3) is 0 Å². The molecular formula is C16H28N2O2S. The third kappa shape index (κ3) is 3.40. The Morgan fingerprint density at radius 3 is 2.43 bits per heavy atom. The number of hydrogen-bond donors (Lipinski definition) is 2. The molecule has 5 heteroatoms. The molecule has 1 saturated heterocycles. The maximum Gasteiger partial charge on any atom is 0.236 e. The van der Waals surface area contributed by atoms with Crippen molar-refractivity contribution < 1.29 is 9.90 Å². The van der Waals surface area contributed by atoms with Crippen molar-refractivity contribution in [3.63, 3.8) is 0 Å². The molecule has 0 radical (unpaired) electrons. The molecule has 2 atom stereocenters. The lowest BCUT2D eigenvalue weighted by Gasteiger charge is -2.41. The van der Waals surface area contributed by atoms with Gasteiger partial charge in [-0.05, 0) is 44.8 Å². The SMILES string of the molecule is CSC1(C(=O)NC2CCN(C3CCCCC3O)CC2)CC1. The number of rotatable bonds is 4. The van der Waals surface area contributed by atoms with Gasteiger partial charge in [0.15, 0.2) is 0 Å². The third-order valence-electron chi connectivity index (χ3n) is 5.54. The first-order valence-corrected chi connectivity index (χ1v) is 9.65. The Bertz CT molecular complexity index is 378. The molecule has 4 nitrogen and oxygen atoms in total. The van der Waals surface area contributed by atoms with Crippen molar-refractivity contribution in [2.45, 2.75) is 74.3 Å². The van der Waals surface area contributed by atoms with Crippen LogP contribution in [0.4, 0.5) is 0 Å². The number of piperidine rings is 1. The number of amides is 1. The van der Waals surface area contributed by atoms with E-state index < -0.39 is 0 Å². The summed E-state index contributed by atoms with van der Waals surface area (Å²) in [6, 6.07) is 0.690. The van der Waals surface area contributed by atoms with Gasteiger partial charge < -0.3 is 10.4 Å². The molecule has 0 spiro atoms. The van der Waals surface area contributed by atoms with E-state index in [1.54, 1.807) is 11.8 Å². The summed E-state index contributed by atoms with van der Waals surface area (Å²) in [5.41, 5.74) is 0. The van der Waals surface area contributed by atoms with Crippen LogP contribution in [0.1, 0.15) is 51.4 Å². The molecule has 2 saturated carbocycles. The lowest BCUT2D eigenvalue weighted by Crippen LogP contribution is -2.53. The standard InChI is InChI=1S/C16H28N2O2S/c1-21-16(8-9-16)15(20)17-12-6-10-18(11-7-12)13-4-2-3-5-14(13)19/h12-14,19H,2-11H2,1H3,(H,17,20). The second-order valence-corrected chi connectivity index (χ2v) is 8.09. The molecule has 1 aliphatic heterocycles.